The Bertz CT molecular complexity index is 1100. The molecule has 0 spiro atoms. The van der Waals surface area contributed by atoms with Crippen LogP contribution in [0.25, 0.3) is 0 Å². The Labute approximate surface area is 365 Å². The Morgan fingerprint density at radius 3 is 1.33 bits per heavy atom. The summed E-state index contributed by atoms with van der Waals surface area (Å²) in [6.07, 6.45) is 27.1. The van der Waals surface area contributed by atoms with Gasteiger partial charge in [0.15, 0.2) is 6.29 Å². The van der Waals surface area contributed by atoms with Crippen LogP contribution in [-0.4, -0.2) is 107 Å². The Balaban J connectivity index is 2.52. The Hall–Kier alpha value is -0.940. The highest BCUT2D eigenvalue weighted by Gasteiger charge is 2.48. The number of aliphatic hydroxyl groups is 5. The van der Waals surface area contributed by atoms with Gasteiger partial charge in [0.05, 0.1) is 25.4 Å². The molecule has 1 fully saturated rings. The van der Waals surface area contributed by atoms with Crippen LogP contribution in [0.2, 0.25) is 0 Å². The summed E-state index contributed by atoms with van der Waals surface area (Å²) in [5.41, 5.74) is 0. The van der Waals surface area contributed by atoms with E-state index < -0.39 is 78.5 Å². The number of ether oxygens (including phenoxy) is 2. The van der Waals surface area contributed by atoms with Gasteiger partial charge in [-0.05, 0) is 12.8 Å². The normalized spacial score (nSPS) is 21.2. The predicted octanol–water partition coefficient (Wildman–Crippen LogP) is 8.75. The highest BCUT2D eigenvalue weighted by atomic mass is 32.3. The summed E-state index contributed by atoms with van der Waals surface area (Å²) in [6, 6.07) is -1.03. The maximum atomic E-state index is 13.1. The maximum Gasteiger partial charge on any atom is 0.397 e. The van der Waals surface area contributed by atoms with Crippen LogP contribution in [0.15, 0.2) is 0 Å². The van der Waals surface area contributed by atoms with Gasteiger partial charge in [-0.25, -0.2) is 4.18 Å². The number of aliphatic hydroxyl groups excluding tert-OH is 5. The van der Waals surface area contributed by atoms with E-state index in [0.29, 0.717) is 19.3 Å². The molecule has 0 saturated carbocycles. The van der Waals surface area contributed by atoms with Crippen molar-refractivity contribution in [1.82, 2.24) is 5.32 Å². The van der Waals surface area contributed by atoms with Crippen LogP contribution < -0.4 is 5.32 Å². The van der Waals surface area contributed by atoms with Gasteiger partial charge in [0.25, 0.3) is 0 Å². The molecule has 14 heteroatoms. The molecule has 0 bridgehead atoms. The van der Waals surface area contributed by atoms with Crippen molar-refractivity contribution in [2.75, 3.05) is 13.2 Å². The lowest BCUT2D eigenvalue weighted by molar-refractivity contribution is -0.298. The van der Waals surface area contributed by atoms with E-state index in [2.05, 4.69) is 23.3 Å². The number of carbonyl (C=O) groups excluding carboxylic acids is 1. The first kappa shape index (κ1) is 57.1. The largest absolute Gasteiger partial charge is 0.397 e. The number of amides is 1. The van der Waals surface area contributed by atoms with Crippen molar-refractivity contribution in [3.63, 3.8) is 0 Å². The number of unbranched alkanes of at least 4 members (excludes halogenated alkanes) is 29. The van der Waals surface area contributed by atoms with Crippen LogP contribution in [0.4, 0.5) is 0 Å². The van der Waals surface area contributed by atoms with Crippen molar-refractivity contribution in [2.24, 2.45) is 0 Å². The molecule has 358 valence electrons. The van der Waals surface area contributed by atoms with Crippen molar-refractivity contribution in [3.05, 3.63) is 0 Å². The highest BCUT2D eigenvalue weighted by Crippen LogP contribution is 2.26. The second kappa shape index (κ2) is 37.4. The summed E-state index contributed by atoms with van der Waals surface area (Å²) in [7, 11) is -5.11. The summed E-state index contributed by atoms with van der Waals surface area (Å²) < 4.78 is 47.6. The molecular weight excluding hydrogens is 791 g/mol. The van der Waals surface area contributed by atoms with Crippen molar-refractivity contribution in [3.8, 4) is 0 Å². The zero-order valence-electron chi connectivity index (χ0n) is 37.9. The molecule has 1 aliphatic heterocycles. The SMILES string of the molecule is CCCCCCCCCCCCCCCCCCC(O)C(=O)NC(COC1OC(CO)C(O)C(OS(=O)(=O)O)C1O)C(O)CCCCCCCCCCCCCCCCC. The van der Waals surface area contributed by atoms with Crippen LogP contribution in [0.1, 0.15) is 226 Å². The van der Waals surface area contributed by atoms with Crippen molar-refractivity contribution in [1.29, 1.82) is 0 Å². The number of rotatable bonds is 42. The number of hydrogen-bond acceptors (Lipinski definition) is 11. The zero-order valence-corrected chi connectivity index (χ0v) is 38.7. The van der Waals surface area contributed by atoms with E-state index in [1.165, 1.54) is 148 Å². The Morgan fingerprint density at radius 2 is 0.967 bits per heavy atom. The average Bonchev–Trinajstić information content (AvgIpc) is 3.22. The molecule has 0 aromatic carbocycles. The monoisotopic (exact) mass is 882 g/mol. The van der Waals surface area contributed by atoms with Gasteiger partial charge in [0.2, 0.25) is 5.91 Å². The number of hydrogen-bond donors (Lipinski definition) is 7. The van der Waals surface area contributed by atoms with E-state index in [9.17, 15) is 43.3 Å². The van der Waals surface area contributed by atoms with Gasteiger partial charge < -0.3 is 40.3 Å². The lowest BCUT2D eigenvalue weighted by atomic mass is 9.99. The van der Waals surface area contributed by atoms with E-state index in [4.69, 9.17) is 9.47 Å². The molecule has 1 rings (SSSR count). The molecule has 8 unspecified atom stereocenters. The Kier molecular flexibility index (Phi) is 35.6. The quantitative estimate of drug-likeness (QED) is 0.0227. The van der Waals surface area contributed by atoms with Gasteiger partial charge in [0.1, 0.15) is 30.5 Å². The molecule has 60 heavy (non-hydrogen) atoms. The third-order valence-corrected chi connectivity index (χ3v) is 12.5. The van der Waals surface area contributed by atoms with Crippen LogP contribution in [0.3, 0.4) is 0 Å². The molecule has 1 heterocycles. The fourth-order valence-electron chi connectivity index (χ4n) is 8.11. The van der Waals surface area contributed by atoms with Crippen LogP contribution >= 0.6 is 0 Å². The van der Waals surface area contributed by atoms with Crippen LogP contribution in [0.5, 0.6) is 0 Å². The molecule has 13 nitrogen and oxygen atoms in total. The smallest absolute Gasteiger partial charge is 0.394 e. The summed E-state index contributed by atoms with van der Waals surface area (Å²) in [6.45, 7) is 3.30. The van der Waals surface area contributed by atoms with E-state index in [1.807, 2.05) is 0 Å². The highest BCUT2D eigenvalue weighted by molar-refractivity contribution is 7.80. The molecule has 0 aliphatic carbocycles. The van der Waals surface area contributed by atoms with Gasteiger partial charge in [-0.2, -0.15) is 8.42 Å². The van der Waals surface area contributed by atoms with Gasteiger partial charge in [-0.3, -0.25) is 9.35 Å². The second-order valence-electron chi connectivity index (χ2n) is 17.6. The lowest BCUT2D eigenvalue weighted by Crippen LogP contribution is -2.61. The van der Waals surface area contributed by atoms with E-state index in [0.717, 1.165) is 38.5 Å². The first-order chi connectivity index (χ1) is 28.9. The lowest BCUT2D eigenvalue weighted by Gasteiger charge is -2.41. The number of nitrogens with one attached hydrogen (secondary N) is 1. The summed E-state index contributed by atoms with van der Waals surface area (Å²) in [5.74, 6) is -0.665. The first-order valence-electron chi connectivity index (χ1n) is 24.5. The fourth-order valence-corrected chi connectivity index (χ4v) is 8.62. The molecule has 1 saturated heterocycles. The molecule has 1 aliphatic rings. The third-order valence-electron chi connectivity index (χ3n) is 12.0. The van der Waals surface area contributed by atoms with E-state index >= 15 is 0 Å². The van der Waals surface area contributed by atoms with E-state index in [-0.39, 0.29) is 6.42 Å². The summed E-state index contributed by atoms with van der Waals surface area (Å²) in [4.78, 5) is 13.1. The molecule has 0 radical (unpaired) electrons. The molecule has 0 aromatic rings. The Morgan fingerprint density at radius 1 is 0.600 bits per heavy atom. The standard InChI is InChI=1S/C46H91NO12S/c1-3-5-7-9-11-13-15-17-19-21-23-25-27-29-31-33-35-40(50)45(53)47-38(37-57-46-43(52)44(59-60(54,55)56)42(51)41(36-48)58-46)39(49)34-32-30-28-26-24-22-20-18-16-14-12-10-8-6-4-2/h38-44,46,48-52H,3-37H2,1-2H3,(H,47,53)(H,54,55,56). The van der Waals surface area contributed by atoms with Gasteiger partial charge in [-0.15, -0.1) is 0 Å². The molecule has 7 N–H and O–H groups in total. The third kappa shape index (κ3) is 29.4. The molecule has 1 amide bonds. The fraction of sp³-hybridized carbons (Fsp3) is 0.978. The van der Waals surface area contributed by atoms with E-state index in [1.54, 1.807) is 0 Å². The first-order valence-corrected chi connectivity index (χ1v) is 25.9. The van der Waals surface area contributed by atoms with Crippen molar-refractivity contribution >= 4 is 16.3 Å². The number of carbonyl (C=O) groups is 1. The van der Waals surface area contributed by atoms with Crippen molar-refractivity contribution in [2.45, 2.75) is 275 Å². The molecular formula is C46H91NO12S. The van der Waals surface area contributed by atoms with Crippen LogP contribution in [0, 0.1) is 0 Å². The van der Waals surface area contributed by atoms with Gasteiger partial charge in [0, 0.05) is 0 Å². The zero-order chi connectivity index (χ0) is 44.3. The average molecular weight is 882 g/mol. The molecule has 8 atom stereocenters. The van der Waals surface area contributed by atoms with Crippen molar-refractivity contribution < 1.29 is 57.0 Å². The molecule has 0 aromatic heterocycles. The minimum Gasteiger partial charge on any atom is -0.394 e. The minimum atomic E-state index is -5.11. The van der Waals surface area contributed by atoms with Gasteiger partial charge in [-0.1, -0.05) is 213 Å². The predicted molar refractivity (Wildman–Crippen MR) is 238 cm³/mol. The summed E-state index contributed by atoms with van der Waals surface area (Å²) >= 11 is 0. The minimum absolute atomic E-state index is 0.266. The maximum absolute atomic E-state index is 13.1. The van der Waals surface area contributed by atoms with Gasteiger partial charge >= 0.3 is 10.4 Å². The van der Waals surface area contributed by atoms with Crippen LogP contribution in [-0.2, 0) is 28.9 Å². The topological polar surface area (TPSA) is 212 Å². The second-order valence-corrected chi connectivity index (χ2v) is 18.6. The summed E-state index contributed by atoms with van der Waals surface area (Å²) in [5, 5.41) is 55.4.